The molecule has 10 nitrogen and oxygen atoms in total. The maximum atomic E-state index is 10.6. The summed E-state index contributed by atoms with van der Waals surface area (Å²) in [6.45, 7) is 1.03. The number of nitrogen functional groups attached to an aromatic ring is 1. The van der Waals surface area contributed by atoms with Crippen molar-refractivity contribution >= 4 is 22.9 Å². The van der Waals surface area contributed by atoms with Crippen LogP contribution in [0.5, 0.6) is 0 Å². The monoisotopic (exact) mass is 336 g/mol. The Balaban J connectivity index is 1.78. The van der Waals surface area contributed by atoms with E-state index in [9.17, 15) is 15.3 Å². The maximum Gasteiger partial charge on any atom is 0.224 e. The van der Waals surface area contributed by atoms with Crippen molar-refractivity contribution in [2.45, 2.75) is 49.8 Å². The zero-order valence-electron chi connectivity index (χ0n) is 13.1. The Kier molecular flexibility index (Phi) is 3.39. The third kappa shape index (κ3) is 2.30. The molecule has 4 rings (SSSR count). The van der Waals surface area contributed by atoms with E-state index in [-0.39, 0.29) is 5.95 Å². The highest BCUT2D eigenvalue weighted by Gasteiger charge is 2.53. The minimum Gasteiger partial charge on any atom is -0.394 e. The molecule has 1 aliphatic carbocycles. The van der Waals surface area contributed by atoms with Gasteiger partial charge < -0.3 is 31.1 Å². The van der Waals surface area contributed by atoms with Gasteiger partial charge in [-0.3, -0.25) is 4.57 Å². The van der Waals surface area contributed by atoms with E-state index in [1.807, 2.05) is 0 Å². The normalized spacial score (nSPS) is 33.2. The molecule has 24 heavy (non-hydrogen) atoms. The molecule has 2 aliphatic rings. The van der Waals surface area contributed by atoms with Crippen molar-refractivity contribution in [1.29, 1.82) is 0 Å². The summed E-state index contributed by atoms with van der Waals surface area (Å²) >= 11 is 0. The van der Waals surface area contributed by atoms with E-state index in [1.54, 1.807) is 0 Å². The summed E-state index contributed by atoms with van der Waals surface area (Å²) in [5, 5.41) is 33.3. The van der Waals surface area contributed by atoms with E-state index < -0.39 is 30.6 Å². The summed E-state index contributed by atoms with van der Waals surface area (Å²) in [7, 11) is 0. The molecular formula is C14H20N6O4. The Labute approximate surface area is 137 Å². The molecule has 2 fully saturated rings. The Hall–Kier alpha value is -2.01. The zero-order valence-corrected chi connectivity index (χ0v) is 13.1. The number of fused-ring (bicyclic) bond motifs is 1. The van der Waals surface area contributed by atoms with E-state index >= 15 is 0 Å². The third-order valence-corrected chi connectivity index (χ3v) is 4.54. The molecule has 2 aromatic rings. The van der Waals surface area contributed by atoms with Gasteiger partial charge in [0.15, 0.2) is 23.2 Å². The molecule has 1 aliphatic heterocycles. The Morgan fingerprint density at radius 2 is 2.21 bits per heavy atom. The number of nitrogens with one attached hydrogen (secondary N) is 1. The van der Waals surface area contributed by atoms with E-state index in [4.69, 9.17) is 10.5 Å². The molecule has 1 unspecified atom stereocenters. The molecule has 4 atom stereocenters. The molecule has 0 bridgehead atoms. The van der Waals surface area contributed by atoms with Gasteiger partial charge in [-0.25, -0.2) is 4.98 Å². The fourth-order valence-electron chi connectivity index (χ4n) is 3.02. The fourth-order valence-corrected chi connectivity index (χ4v) is 3.02. The topological polar surface area (TPSA) is 152 Å². The number of nitrogens with zero attached hydrogens (tertiary/aromatic N) is 4. The highest BCUT2D eigenvalue weighted by atomic mass is 16.6. The first kappa shape index (κ1) is 15.5. The molecule has 1 saturated heterocycles. The number of nitrogens with two attached hydrogens (primary N) is 1. The van der Waals surface area contributed by atoms with Crippen molar-refractivity contribution in [2.24, 2.45) is 0 Å². The van der Waals surface area contributed by atoms with Gasteiger partial charge in [-0.1, -0.05) is 0 Å². The molecule has 6 N–H and O–H groups in total. The second kappa shape index (κ2) is 5.24. The van der Waals surface area contributed by atoms with Crippen LogP contribution in [0.3, 0.4) is 0 Å². The fraction of sp³-hybridized carbons (Fsp3) is 0.643. The smallest absolute Gasteiger partial charge is 0.224 e. The molecule has 2 aromatic heterocycles. The standard InChI is InChI=1S/C14H20N6O4/c1-14(23)9(22)7(4-21)24-12(14)20-5-16-8-10(17-6-2-3-6)18-13(15)19-11(8)20/h5-7,9,12,21-23H,2-4H2,1H3,(H3,15,17,18,19)/t7-,9?,12-,14+/m1/s1. The van der Waals surface area contributed by atoms with Crippen molar-refractivity contribution in [3.63, 3.8) is 0 Å². The lowest BCUT2D eigenvalue weighted by molar-refractivity contribution is -0.0950. The van der Waals surface area contributed by atoms with Crippen molar-refractivity contribution in [3.8, 4) is 0 Å². The molecule has 0 radical (unpaired) electrons. The number of hydrogen-bond donors (Lipinski definition) is 5. The number of aliphatic hydroxyl groups is 3. The van der Waals surface area contributed by atoms with Crippen LogP contribution in [-0.2, 0) is 4.74 Å². The van der Waals surface area contributed by atoms with E-state index in [2.05, 4.69) is 20.3 Å². The second-order valence-corrected chi connectivity index (χ2v) is 6.55. The second-order valence-electron chi connectivity index (χ2n) is 6.55. The van der Waals surface area contributed by atoms with Gasteiger partial charge in [0.05, 0.1) is 12.9 Å². The summed E-state index contributed by atoms with van der Waals surface area (Å²) in [6.07, 6.45) is 0.493. The van der Waals surface area contributed by atoms with Crippen LogP contribution in [0.25, 0.3) is 11.2 Å². The minimum atomic E-state index is -1.62. The van der Waals surface area contributed by atoms with Crippen LogP contribution < -0.4 is 11.1 Å². The van der Waals surface area contributed by atoms with E-state index in [0.717, 1.165) is 12.8 Å². The third-order valence-electron chi connectivity index (χ3n) is 4.54. The number of aliphatic hydroxyl groups excluding tert-OH is 2. The molecule has 0 amide bonds. The van der Waals surface area contributed by atoms with Crippen LogP contribution in [0.15, 0.2) is 6.33 Å². The Morgan fingerprint density at radius 1 is 1.46 bits per heavy atom. The lowest BCUT2D eigenvalue weighted by Gasteiger charge is -2.27. The number of imidazole rings is 1. The van der Waals surface area contributed by atoms with Gasteiger partial charge in [-0.05, 0) is 19.8 Å². The van der Waals surface area contributed by atoms with Crippen molar-refractivity contribution < 1.29 is 20.1 Å². The summed E-state index contributed by atoms with van der Waals surface area (Å²) < 4.78 is 7.12. The lowest BCUT2D eigenvalue weighted by atomic mass is 9.96. The number of ether oxygens (including phenoxy) is 1. The molecule has 10 heteroatoms. The maximum absolute atomic E-state index is 10.6. The van der Waals surface area contributed by atoms with Gasteiger partial charge in [0.1, 0.15) is 17.8 Å². The average molecular weight is 336 g/mol. The summed E-state index contributed by atoms with van der Waals surface area (Å²) in [4.78, 5) is 12.7. The highest BCUT2D eigenvalue weighted by molar-refractivity contribution is 5.84. The van der Waals surface area contributed by atoms with Crippen LogP contribution in [0.2, 0.25) is 0 Å². The molecule has 0 spiro atoms. The minimum absolute atomic E-state index is 0.0734. The van der Waals surface area contributed by atoms with Crippen molar-refractivity contribution in [2.75, 3.05) is 17.7 Å². The van der Waals surface area contributed by atoms with Gasteiger partial charge in [0.25, 0.3) is 0 Å². The predicted molar refractivity (Wildman–Crippen MR) is 84.0 cm³/mol. The first-order valence-corrected chi connectivity index (χ1v) is 7.85. The Bertz CT molecular complexity index is 774. The van der Waals surface area contributed by atoms with Crippen LogP contribution in [0.1, 0.15) is 26.0 Å². The van der Waals surface area contributed by atoms with Crippen LogP contribution in [0, 0.1) is 0 Å². The SMILES string of the molecule is C[C@]1(O)C(O)[C@@H](CO)O[C@H]1n1cnc2c(NC3CC3)nc(N)nc21. The van der Waals surface area contributed by atoms with Crippen LogP contribution in [-0.4, -0.2) is 65.3 Å². The van der Waals surface area contributed by atoms with E-state index in [0.29, 0.717) is 23.0 Å². The summed E-state index contributed by atoms with van der Waals surface area (Å²) in [6, 6.07) is 0.360. The molecule has 3 heterocycles. The first-order valence-electron chi connectivity index (χ1n) is 7.85. The average Bonchev–Trinajstić information content (AvgIpc) is 3.20. The van der Waals surface area contributed by atoms with Gasteiger partial charge in [0, 0.05) is 6.04 Å². The molecule has 1 saturated carbocycles. The summed E-state index contributed by atoms with van der Waals surface area (Å²) in [5.41, 5.74) is 5.08. The van der Waals surface area contributed by atoms with E-state index in [1.165, 1.54) is 17.8 Å². The highest BCUT2D eigenvalue weighted by Crippen LogP contribution is 2.40. The van der Waals surface area contributed by atoms with Gasteiger partial charge in [0.2, 0.25) is 5.95 Å². The molecule has 0 aromatic carbocycles. The summed E-state index contributed by atoms with van der Waals surface area (Å²) in [5.74, 6) is 0.611. The van der Waals surface area contributed by atoms with Crippen molar-refractivity contribution in [1.82, 2.24) is 19.5 Å². The predicted octanol–water partition coefficient (Wildman–Crippen LogP) is -1.02. The van der Waals surface area contributed by atoms with Crippen LogP contribution >= 0.6 is 0 Å². The van der Waals surface area contributed by atoms with Crippen molar-refractivity contribution in [3.05, 3.63) is 6.33 Å². The van der Waals surface area contributed by atoms with Gasteiger partial charge >= 0.3 is 0 Å². The number of anilines is 2. The number of rotatable bonds is 4. The quantitative estimate of drug-likeness (QED) is 0.472. The number of hydrogen-bond acceptors (Lipinski definition) is 9. The van der Waals surface area contributed by atoms with Gasteiger partial charge in [-0.2, -0.15) is 9.97 Å². The van der Waals surface area contributed by atoms with Crippen LogP contribution in [0.4, 0.5) is 11.8 Å². The molecule has 130 valence electrons. The first-order chi connectivity index (χ1) is 11.4. The van der Waals surface area contributed by atoms with Gasteiger partial charge in [-0.15, -0.1) is 0 Å². The Morgan fingerprint density at radius 3 is 2.83 bits per heavy atom. The lowest BCUT2D eigenvalue weighted by Crippen LogP contribution is -2.44. The number of aromatic nitrogens is 4. The molecular weight excluding hydrogens is 316 g/mol. The zero-order chi connectivity index (χ0) is 17.1. The largest absolute Gasteiger partial charge is 0.394 e.